The molecular formula is C21H20Cl2N2O3. The van der Waals surface area contributed by atoms with Crippen LogP contribution in [-0.2, 0) is 14.3 Å². The summed E-state index contributed by atoms with van der Waals surface area (Å²) in [6.07, 6.45) is 0.549. The number of carbonyl (C=O) groups excluding carboxylic acids is 2. The Morgan fingerprint density at radius 3 is 2.39 bits per heavy atom. The van der Waals surface area contributed by atoms with Gasteiger partial charge >= 0.3 is 0 Å². The van der Waals surface area contributed by atoms with Crippen LogP contribution in [0.2, 0.25) is 10.0 Å². The summed E-state index contributed by atoms with van der Waals surface area (Å²) in [5.41, 5.74) is 2.71. The molecule has 0 fully saturated rings. The summed E-state index contributed by atoms with van der Waals surface area (Å²) in [6, 6.07) is 12.4. The van der Waals surface area contributed by atoms with Crippen molar-refractivity contribution >= 4 is 46.3 Å². The lowest BCUT2D eigenvalue weighted by Gasteiger charge is -2.15. The number of anilines is 1. The fourth-order valence-electron chi connectivity index (χ4n) is 2.99. The molecular weight excluding hydrogens is 399 g/mol. The van der Waals surface area contributed by atoms with Crippen molar-refractivity contribution in [2.75, 3.05) is 25.6 Å². The number of nitrogens with zero attached hydrogens (tertiary/aromatic N) is 1. The lowest BCUT2D eigenvalue weighted by atomic mass is 10.0. The van der Waals surface area contributed by atoms with E-state index in [2.05, 4.69) is 5.32 Å². The largest absolute Gasteiger partial charge is 0.385 e. The monoisotopic (exact) mass is 418 g/mol. The summed E-state index contributed by atoms with van der Waals surface area (Å²) >= 11 is 12.3. The summed E-state index contributed by atoms with van der Waals surface area (Å²) in [4.78, 5) is 27.3. The van der Waals surface area contributed by atoms with Gasteiger partial charge in [-0.05, 0) is 37.6 Å². The van der Waals surface area contributed by atoms with Crippen LogP contribution < -0.4 is 5.32 Å². The van der Waals surface area contributed by atoms with Crippen LogP contribution >= 0.6 is 23.2 Å². The number of imide groups is 1. The highest BCUT2D eigenvalue weighted by atomic mass is 35.5. The van der Waals surface area contributed by atoms with Crippen LogP contribution in [0.4, 0.5) is 5.69 Å². The summed E-state index contributed by atoms with van der Waals surface area (Å²) < 4.78 is 5.04. The van der Waals surface area contributed by atoms with Gasteiger partial charge in [-0.2, -0.15) is 0 Å². The molecule has 1 aliphatic rings. The molecule has 7 heteroatoms. The van der Waals surface area contributed by atoms with Crippen LogP contribution in [0.25, 0.3) is 5.57 Å². The molecule has 0 bridgehead atoms. The summed E-state index contributed by atoms with van der Waals surface area (Å²) in [6.45, 7) is 2.69. The first-order chi connectivity index (χ1) is 13.4. The van der Waals surface area contributed by atoms with Gasteiger partial charge in [0.05, 0.1) is 10.6 Å². The van der Waals surface area contributed by atoms with Gasteiger partial charge in [0, 0.05) is 36.5 Å². The molecule has 3 rings (SSSR count). The topological polar surface area (TPSA) is 58.6 Å². The molecule has 0 spiro atoms. The third kappa shape index (κ3) is 4.22. The van der Waals surface area contributed by atoms with Crippen molar-refractivity contribution in [2.45, 2.75) is 13.3 Å². The molecule has 2 aromatic carbocycles. The van der Waals surface area contributed by atoms with Gasteiger partial charge in [-0.1, -0.05) is 47.0 Å². The standard InChI is InChI=1S/C21H20Cl2N2O3/c1-13-4-7-15(8-5-13)24-19-18(16-9-6-14(22)12-17(16)23)20(26)25(21(19)27)10-3-11-28-2/h4-9,12,24H,3,10-11H2,1-2H3. The molecule has 2 amide bonds. The summed E-state index contributed by atoms with van der Waals surface area (Å²) in [5.74, 6) is -0.775. The first kappa shape index (κ1) is 20.4. The van der Waals surface area contributed by atoms with E-state index in [-0.39, 0.29) is 29.6 Å². The zero-order valence-corrected chi connectivity index (χ0v) is 17.1. The molecule has 0 aliphatic carbocycles. The number of amides is 2. The number of hydrogen-bond acceptors (Lipinski definition) is 4. The smallest absolute Gasteiger partial charge is 0.278 e. The number of hydrogen-bond donors (Lipinski definition) is 1. The van der Waals surface area contributed by atoms with Crippen LogP contribution in [-0.4, -0.2) is 37.0 Å². The van der Waals surface area contributed by atoms with Crippen LogP contribution in [0.15, 0.2) is 48.2 Å². The molecule has 0 saturated carbocycles. The first-order valence-corrected chi connectivity index (χ1v) is 9.56. The Hall–Kier alpha value is -2.34. The van der Waals surface area contributed by atoms with Gasteiger partial charge in [-0.3, -0.25) is 14.5 Å². The zero-order valence-electron chi connectivity index (χ0n) is 15.6. The van der Waals surface area contributed by atoms with Crippen LogP contribution in [0, 0.1) is 6.92 Å². The Kier molecular flexibility index (Phi) is 6.39. The SMILES string of the molecule is COCCCN1C(=O)C(Nc2ccc(C)cc2)=C(c2ccc(Cl)cc2Cl)C1=O. The minimum absolute atomic E-state index is 0.204. The molecule has 0 aromatic heterocycles. The van der Waals surface area contributed by atoms with E-state index >= 15 is 0 Å². The van der Waals surface area contributed by atoms with E-state index < -0.39 is 0 Å². The number of benzene rings is 2. The maximum atomic E-state index is 13.1. The number of methoxy groups -OCH3 is 1. The first-order valence-electron chi connectivity index (χ1n) is 8.81. The molecule has 1 N–H and O–H groups in total. The van der Waals surface area contributed by atoms with Crippen molar-refractivity contribution in [3.63, 3.8) is 0 Å². The van der Waals surface area contributed by atoms with E-state index in [1.165, 1.54) is 4.90 Å². The normalized spacial score (nSPS) is 14.2. The van der Waals surface area contributed by atoms with Crippen LogP contribution in [0.3, 0.4) is 0 Å². The molecule has 146 valence electrons. The Morgan fingerprint density at radius 1 is 1.04 bits per heavy atom. The highest BCUT2D eigenvalue weighted by Crippen LogP contribution is 2.35. The third-order valence-electron chi connectivity index (χ3n) is 4.42. The number of rotatable bonds is 7. The van der Waals surface area contributed by atoms with Crippen molar-refractivity contribution in [3.8, 4) is 0 Å². The van der Waals surface area contributed by atoms with E-state index in [1.807, 2.05) is 31.2 Å². The molecule has 0 atom stereocenters. The number of nitrogens with one attached hydrogen (secondary N) is 1. The van der Waals surface area contributed by atoms with Crippen molar-refractivity contribution in [3.05, 3.63) is 69.3 Å². The molecule has 0 radical (unpaired) electrons. The maximum absolute atomic E-state index is 13.1. The Labute approximate surface area is 173 Å². The molecule has 2 aromatic rings. The molecule has 0 saturated heterocycles. The molecule has 0 unspecified atom stereocenters. The van der Waals surface area contributed by atoms with Crippen molar-refractivity contribution in [2.24, 2.45) is 0 Å². The lowest BCUT2D eigenvalue weighted by Crippen LogP contribution is -2.33. The number of ether oxygens (including phenoxy) is 1. The van der Waals surface area contributed by atoms with Gasteiger partial charge in [-0.15, -0.1) is 0 Å². The second-order valence-electron chi connectivity index (χ2n) is 6.47. The van der Waals surface area contributed by atoms with Crippen LogP contribution in [0.5, 0.6) is 0 Å². The average Bonchev–Trinajstić information content (AvgIpc) is 2.88. The van der Waals surface area contributed by atoms with Gasteiger partial charge in [0.15, 0.2) is 0 Å². The van der Waals surface area contributed by atoms with E-state index in [0.717, 1.165) is 5.56 Å². The Balaban J connectivity index is 2.03. The molecule has 28 heavy (non-hydrogen) atoms. The summed E-state index contributed by atoms with van der Waals surface area (Å²) in [5, 5.41) is 3.87. The van der Waals surface area contributed by atoms with Gasteiger partial charge in [0.1, 0.15) is 5.70 Å². The van der Waals surface area contributed by atoms with Gasteiger partial charge in [0.2, 0.25) is 0 Å². The van der Waals surface area contributed by atoms with Crippen LogP contribution in [0.1, 0.15) is 17.5 Å². The average molecular weight is 419 g/mol. The third-order valence-corrected chi connectivity index (χ3v) is 4.97. The predicted molar refractivity (Wildman–Crippen MR) is 111 cm³/mol. The Bertz CT molecular complexity index is 939. The second kappa shape index (κ2) is 8.78. The maximum Gasteiger partial charge on any atom is 0.278 e. The minimum Gasteiger partial charge on any atom is -0.385 e. The second-order valence-corrected chi connectivity index (χ2v) is 7.32. The van der Waals surface area contributed by atoms with E-state index in [9.17, 15) is 9.59 Å². The summed E-state index contributed by atoms with van der Waals surface area (Å²) in [7, 11) is 1.58. The Morgan fingerprint density at radius 2 is 1.75 bits per heavy atom. The molecule has 1 aliphatic heterocycles. The van der Waals surface area contributed by atoms with E-state index in [4.69, 9.17) is 27.9 Å². The lowest BCUT2D eigenvalue weighted by molar-refractivity contribution is -0.136. The predicted octanol–water partition coefficient (Wildman–Crippen LogP) is 4.53. The minimum atomic E-state index is -0.389. The number of aryl methyl sites for hydroxylation is 1. The van der Waals surface area contributed by atoms with Crippen molar-refractivity contribution in [1.82, 2.24) is 4.90 Å². The van der Waals surface area contributed by atoms with Crippen molar-refractivity contribution in [1.29, 1.82) is 0 Å². The molecule has 5 nitrogen and oxygen atoms in total. The van der Waals surface area contributed by atoms with Crippen molar-refractivity contribution < 1.29 is 14.3 Å². The fraction of sp³-hybridized carbons (Fsp3) is 0.238. The number of carbonyl (C=O) groups is 2. The highest BCUT2D eigenvalue weighted by molar-refractivity contribution is 6.41. The van der Waals surface area contributed by atoms with Gasteiger partial charge in [-0.25, -0.2) is 0 Å². The molecule has 1 heterocycles. The number of halogens is 2. The van der Waals surface area contributed by atoms with E-state index in [1.54, 1.807) is 25.3 Å². The highest BCUT2D eigenvalue weighted by Gasteiger charge is 2.39. The fourth-order valence-corrected chi connectivity index (χ4v) is 3.49. The van der Waals surface area contributed by atoms with Gasteiger partial charge < -0.3 is 10.1 Å². The van der Waals surface area contributed by atoms with E-state index in [0.29, 0.717) is 34.3 Å². The zero-order chi connectivity index (χ0) is 20.3. The quantitative estimate of drug-likeness (QED) is 0.529. The van der Waals surface area contributed by atoms with Gasteiger partial charge in [0.25, 0.3) is 11.8 Å².